The zero-order valence-electron chi connectivity index (χ0n) is 10.8. The first-order chi connectivity index (χ1) is 10.2. The van der Waals surface area contributed by atoms with Crippen LogP contribution in [0.25, 0.3) is 10.2 Å². The summed E-state index contributed by atoms with van der Waals surface area (Å²) in [6.07, 6.45) is 5.04. The molecule has 0 amide bonds. The van der Waals surface area contributed by atoms with Crippen LogP contribution in [0, 0.1) is 0 Å². The quantitative estimate of drug-likeness (QED) is 0.731. The number of carboxylic acids is 1. The Labute approximate surface area is 132 Å². The minimum absolute atomic E-state index is 0.360. The second-order valence-electron chi connectivity index (χ2n) is 4.77. The van der Waals surface area contributed by atoms with Gasteiger partial charge in [-0.3, -0.25) is 0 Å². The number of nitrogens with zero attached hydrogens (tertiary/aromatic N) is 2. The van der Waals surface area contributed by atoms with E-state index in [9.17, 15) is 4.79 Å². The molecule has 4 nitrogen and oxygen atoms in total. The molecule has 3 heterocycles. The number of thiophene rings is 2. The second kappa shape index (κ2) is 5.08. The van der Waals surface area contributed by atoms with Crippen molar-refractivity contribution < 1.29 is 9.90 Å². The summed E-state index contributed by atoms with van der Waals surface area (Å²) in [5, 5.41) is 13.0. The average molecular weight is 334 g/mol. The van der Waals surface area contributed by atoms with Gasteiger partial charge in [-0.2, -0.15) is 0 Å². The van der Waals surface area contributed by atoms with Crippen molar-refractivity contribution >= 4 is 50.6 Å². The van der Waals surface area contributed by atoms with Crippen LogP contribution in [0.2, 0.25) is 0 Å². The molecule has 1 N–H and O–H groups in total. The monoisotopic (exact) mass is 334 g/mol. The van der Waals surface area contributed by atoms with Crippen molar-refractivity contribution in [1.29, 1.82) is 0 Å². The number of hydrogen-bond acceptors (Lipinski definition) is 6. The van der Waals surface area contributed by atoms with E-state index in [2.05, 4.69) is 9.97 Å². The van der Waals surface area contributed by atoms with E-state index in [1.165, 1.54) is 45.3 Å². The summed E-state index contributed by atoms with van der Waals surface area (Å²) in [5.74, 6) is -0.879. The molecule has 0 unspecified atom stereocenters. The highest BCUT2D eigenvalue weighted by Crippen LogP contribution is 2.42. The summed E-state index contributed by atoms with van der Waals surface area (Å²) in [7, 11) is 0. The molecule has 0 fully saturated rings. The summed E-state index contributed by atoms with van der Waals surface area (Å²) in [6.45, 7) is 0. The van der Waals surface area contributed by atoms with Gasteiger partial charge >= 0.3 is 5.97 Å². The highest BCUT2D eigenvalue weighted by atomic mass is 32.2. The molecular formula is C14H10N2O2S3. The van der Waals surface area contributed by atoms with E-state index in [0.717, 1.165) is 27.6 Å². The second-order valence-corrected chi connectivity index (χ2v) is 7.83. The number of carboxylic acid groups (broad SMARTS) is 1. The van der Waals surface area contributed by atoms with Crippen LogP contribution < -0.4 is 0 Å². The zero-order valence-corrected chi connectivity index (χ0v) is 13.3. The zero-order chi connectivity index (χ0) is 14.4. The van der Waals surface area contributed by atoms with Gasteiger partial charge in [-0.25, -0.2) is 14.8 Å². The molecule has 7 heteroatoms. The summed E-state index contributed by atoms with van der Waals surface area (Å²) in [5.41, 5.74) is 1.40. The fourth-order valence-electron chi connectivity index (χ4n) is 2.57. The Hall–Kier alpha value is -1.44. The topological polar surface area (TPSA) is 63.1 Å². The van der Waals surface area contributed by atoms with Crippen molar-refractivity contribution in [2.45, 2.75) is 29.2 Å². The standard InChI is InChI=1S/C14H10N2O2S3/c17-14(18)10-4-7(5-19-10)20-12-11-8-2-1-3-9(8)21-13(11)16-6-15-12/h4-6H,1-3H2,(H,17,18). The molecule has 4 rings (SSSR count). The lowest BCUT2D eigenvalue weighted by molar-refractivity contribution is 0.0702. The number of aryl methyl sites for hydroxylation is 2. The molecule has 1 aliphatic carbocycles. The maximum absolute atomic E-state index is 11.0. The number of carbonyl (C=O) groups is 1. The van der Waals surface area contributed by atoms with Gasteiger partial charge in [0.05, 0.1) is 0 Å². The molecule has 0 radical (unpaired) electrons. The van der Waals surface area contributed by atoms with Gasteiger partial charge in [-0.15, -0.1) is 22.7 Å². The minimum atomic E-state index is -0.879. The van der Waals surface area contributed by atoms with Gasteiger partial charge in [-0.1, -0.05) is 11.8 Å². The highest BCUT2D eigenvalue weighted by molar-refractivity contribution is 7.99. The Bertz CT molecular complexity index is 853. The predicted octanol–water partition coefficient (Wildman–Crippen LogP) is 4.09. The first kappa shape index (κ1) is 13.2. The smallest absolute Gasteiger partial charge is 0.345 e. The lowest BCUT2D eigenvalue weighted by Gasteiger charge is -2.01. The van der Waals surface area contributed by atoms with E-state index in [-0.39, 0.29) is 0 Å². The van der Waals surface area contributed by atoms with Gasteiger partial charge in [0, 0.05) is 20.5 Å². The van der Waals surface area contributed by atoms with Crippen LogP contribution >= 0.6 is 34.4 Å². The average Bonchev–Trinajstić information content (AvgIpc) is 3.12. The molecule has 3 aromatic rings. The number of hydrogen-bond donors (Lipinski definition) is 1. The number of aromatic nitrogens is 2. The summed E-state index contributed by atoms with van der Waals surface area (Å²) in [4.78, 5) is 23.5. The largest absolute Gasteiger partial charge is 0.477 e. The van der Waals surface area contributed by atoms with Crippen molar-refractivity contribution in [2.24, 2.45) is 0 Å². The van der Waals surface area contributed by atoms with Crippen LogP contribution in [-0.2, 0) is 12.8 Å². The van der Waals surface area contributed by atoms with Gasteiger partial charge in [0.15, 0.2) is 0 Å². The third-order valence-corrected chi connectivity index (χ3v) is 6.71. The van der Waals surface area contributed by atoms with Gasteiger partial charge < -0.3 is 5.11 Å². The Morgan fingerprint density at radius 2 is 2.24 bits per heavy atom. The fraction of sp³-hybridized carbons (Fsp3) is 0.214. The molecule has 1 aliphatic rings. The molecule has 0 aliphatic heterocycles. The molecule has 0 atom stereocenters. The van der Waals surface area contributed by atoms with Crippen molar-refractivity contribution in [3.05, 3.63) is 33.1 Å². The van der Waals surface area contributed by atoms with Crippen molar-refractivity contribution in [1.82, 2.24) is 9.97 Å². The Kier molecular flexibility index (Phi) is 3.20. The summed E-state index contributed by atoms with van der Waals surface area (Å²) < 4.78 is 0. The van der Waals surface area contributed by atoms with E-state index < -0.39 is 5.97 Å². The third kappa shape index (κ3) is 2.25. The van der Waals surface area contributed by atoms with Crippen molar-refractivity contribution in [2.75, 3.05) is 0 Å². The number of fused-ring (bicyclic) bond motifs is 3. The normalized spacial score (nSPS) is 13.7. The minimum Gasteiger partial charge on any atom is -0.477 e. The van der Waals surface area contributed by atoms with Crippen molar-refractivity contribution in [3.8, 4) is 0 Å². The Morgan fingerprint density at radius 3 is 3.05 bits per heavy atom. The van der Waals surface area contributed by atoms with E-state index in [0.29, 0.717) is 4.88 Å². The molecule has 3 aromatic heterocycles. The molecule has 0 saturated carbocycles. The Balaban J connectivity index is 1.77. The molecule has 0 aromatic carbocycles. The Morgan fingerprint density at radius 1 is 1.33 bits per heavy atom. The third-order valence-electron chi connectivity index (χ3n) is 3.47. The predicted molar refractivity (Wildman–Crippen MR) is 84.8 cm³/mol. The molecule has 0 spiro atoms. The highest BCUT2D eigenvalue weighted by Gasteiger charge is 2.21. The number of aromatic carboxylic acids is 1. The van der Waals surface area contributed by atoms with Gasteiger partial charge in [0.1, 0.15) is 21.1 Å². The van der Waals surface area contributed by atoms with Crippen molar-refractivity contribution in [3.63, 3.8) is 0 Å². The van der Waals surface area contributed by atoms with Crippen LogP contribution in [-0.4, -0.2) is 21.0 Å². The molecular weight excluding hydrogens is 324 g/mol. The van der Waals surface area contributed by atoms with Crippen LogP contribution in [0.4, 0.5) is 0 Å². The van der Waals surface area contributed by atoms with Gasteiger partial charge in [0.25, 0.3) is 0 Å². The molecule has 106 valence electrons. The number of rotatable bonds is 3. The summed E-state index contributed by atoms with van der Waals surface area (Å²) in [6, 6.07) is 1.71. The van der Waals surface area contributed by atoms with Crippen LogP contribution in [0.1, 0.15) is 26.5 Å². The molecule has 21 heavy (non-hydrogen) atoms. The molecule has 0 bridgehead atoms. The van der Waals surface area contributed by atoms with E-state index in [1.807, 2.05) is 5.38 Å². The molecule has 0 saturated heterocycles. The van der Waals surface area contributed by atoms with Crippen LogP contribution in [0.15, 0.2) is 27.7 Å². The lowest BCUT2D eigenvalue weighted by atomic mass is 10.2. The van der Waals surface area contributed by atoms with Crippen LogP contribution in [0.3, 0.4) is 0 Å². The van der Waals surface area contributed by atoms with Gasteiger partial charge in [-0.05, 0) is 30.9 Å². The first-order valence-electron chi connectivity index (χ1n) is 6.47. The van der Waals surface area contributed by atoms with Gasteiger partial charge in [0.2, 0.25) is 0 Å². The maximum Gasteiger partial charge on any atom is 0.345 e. The summed E-state index contributed by atoms with van der Waals surface area (Å²) >= 11 is 4.54. The van der Waals surface area contributed by atoms with E-state index in [4.69, 9.17) is 5.11 Å². The first-order valence-corrected chi connectivity index (χ1v) is 8.98. The SMILES string of the molecule is O=C(O)c1cc(Sc2ncnc3sc4c(c23)CCC4)cs1. The maximum atomic E-state index is 11.0. The van der Waals surface area contributed by atoms with E-state index >= 15 is 0 Å². The lowest BCUT2D eigenvalue weighted by Crippen LogP contribution is -1.90. The van der Waals surface area contributed by atoms with E-state index in [1.54, 1.807) is 23.7 Å². The van der Waals surface area contributed by atoms with Crippen LogP contribution in [0.5, 0.6) is 0 Å². The fourth-order valence-corrected chi connectivity index (χ4v) is 5.71.